The first-order chi connectivity index (χ1) is 7.79. The van der Waals surface area contributed by atoms with Crippen LogP contribution in [0.2, 0.25) is 0 Å². The Labute approximate surface area is 101 Å². The third-order valence-electron chi connectivity index (χ3n) is 3.05. The Hall–Kier alpha value is -1.01. The molecule has 1 fully saturated rings. The molecular weight excluding hydrogens is 216 g/mol. The van der Waals surface area contributed by atoms with Gasteiger partial charge in [0.15, 0.2) is 0 Å². The summed E-state index contributed by atoms with van der Waals surface area (Å²) in [5.41, 5.74) is 1.73. The van der Waals surface area contributed by atoms with E-state index < -0.39 is 0 Å². The first-order valence-electron chi connectivity index (χ1n) is 5.83. The van der Waals surface area contributed by atoms with Gasteiger partial charge in [-0.1, -0.05) is 19.3 Å². The van der Waals surface area contributed by atoms with Gasteiger partial charge in [-0.25, -0.2) is 4.98 Å². The zero-order valence-corrected chi connectivity index (χ0v) is 10.4. The molecule has 2 rings (SSSR count). The Morgan fingerprint density at radius 3 is 2.75 bits per heavy atom. The topological polar surface area (TPSA) is 36.7 Å². The number of nitrogens with zero attached hydrogens (tertiary/aromatic N) is 2. The minimum absolute atomic E-state index is 0.688. The molecular formula is C13H16N2S. The van der Waals surface area contributed by atoms with Crippen molar-refractivity contribution in [1.82, 2.24) is 4.98 Å². The monoisotopic (exact) mass is 232 g/mol. The Morgan fingerprint density at radius 1 is 1.38 bits per heavy atom. The Bertz CT molecular complexity index is 403. The Morgan fingerprint density at radius 2 is 2.12 bits per heavy atom. The van der Waals surface area contributed by atoms with Gasteiger partial charge < -0.3 is 0 Å². The first-order valence-corrected chi connectivity index (χ1v) is 6.71. The quantitative estimate of drug-likeness (QED) is 0.780. The summed E-state index contributed by atoms with van der Waals surface area (Å²) in [5.74, 6) is 0. The highest BCUT2D eigenvalue weighted by molar-refractivity contribution is 7.99. The number of nitriles is 1. The number of rotatable bonds is 2. The van der Waals surface area contributed by atoms with Crippen molar-refractivity contribution < 1.29 is 0 Å². The summed E-state index contributed by atoms with van der Waals surface area (Å²) in [6.45, 7) is 1.98. The summed E-state index contributed by atoms with van der Waals surface area (Å²) in [5, 5.41) is 10.6. The Kier molecular flexibility index (Phi) is 3.84. The SMILES string of the molecule is Cc1cc(SC2CCCCC2)ncc1C#N. The zero-order chi connectivity index (χ0) is 11.4. The molecule has 0 N–H and O–H groups in total. The molecule has 0 radical (unpaired) electrons. The predicted octanol–water partition coefficient (Wildman–Crippen LogP) is 3.69. The average Bonchev–Trinajstić information content (AvgIpc) is 2.31. The molecule has 3 heteroatoms. The molecule has 0 aromatic carbocycles. The van der Waals surface area contributed by atoms with Crippen LogP contribution in [0.25, 0.3) is 0 Å². The summed E-state index contributed by atoms with van der Waals surface area (Å²) in [7, 11) is 0. The van der Waals surface area contributed by atoms with Gasteiger partial charge in [-0.05, 0) is 31.4 Å². The average molecular weight is 232 g/mol. The first kappa shape index (κ1) is 11.5. The van der Waals surface area contributed by atoms with E-state index in [1.807, 2.05) is 24.8 Å². The van der Waals surface area contributed by atoms with Gasteiger partial charge in [0.25, 0.3) is 0 Å². The third kappa shape index (κ3) is 2.76. The van der Waals surface area contributed by atoms with Crippen LogP contribution < -0.4 is 0 Å². The molecule has 0 atom stereocenters. The fraction of sp³-hybridized carbons (Fsp3) is 0.538. The molecule has 84 valence electrons. The minimum atomic E-state index is 0.688. The van der Waals surface area contributed by atoms with Gasteiger partial charge >= 0.3 is 0 Å². The van der Waals surface area contributed by atoms with Crippen molar-refractivity contribution in [3.8, 4) is 6.07 Å². The minimum Gasteiger partial charge on any atom is -0.249 e. The largest absolute Gasteiger partial charge is 0.249 e. The molecule has 0 amide bonds. The lowest BCUT2D eigenvalue weighted by Crippen LogP contribution is -2.08. The molecule has 1 saturated carbocycles. The van der Waals surface area contributed by atoms with Crippen molar-refractivity contribution in [1.29, 1.82) is 5.26 Å². The molecule has 1 aliphatic rings. The fourth-order valence-electron chi connectivity index (χ4n) is 2.07. The molecule has 0 spiro atoms. The summed E-state index contributed by atoms with van der Waals surface area (Å²) in [4.78, 5) is 4.34. The summed E-state index contributed by atoms with van der Waals surface area (Å²) < 4.78 is 0. The van der Waals surface area contributed by atoms with Crippen LogP contribution in [0.15, 0.2) is 17.3 Å². The maximum absolute atomic E-state index is 8.83. The van der Waals surface area contributed by atoms with E-state index in [2.05, 4.69) is 11.1 Å². The van der Waals surface area contributed by atoms with Gasteiger partial charge in [0.1, 0.15) is 6.07 Å². The van der Waals surface area contributed by atoms with E-state index in [1.165, 1.54) is 32.1 Å². The second-order valence-corrected chi connectivity index (χ2v) is 5.65. The number of hydrogen-bond acceptors (Lipinski definition) is 3. The van der Waals surface area contributed by atoms with Crippen LogP contribution in [0, 0.1) is 18.3 Å². The molecule has 2 nitrogen and oxygen atoms in total. The lowest BCUT2D eigenvalue weighted by atomic mass is 10.0. The van der Waals surface area contributed by atoms with Crippen LogP contribution in [0.5, 0.6) is 0 Å². The lowest BCUT2D eigenvalue weighted by Gasteiger charge is -2.20. The van der Waals surface area contributed by atoms with Crippen molar-refractivity contribution in [2.45, 2.75) is 49.3 Å². The standard InChI is InChI=1S/C13H16N2S/c1-10-7-13(15-9-11(10)8-14)16-12-5-3-2-4-6-12/h7,9,12H,2-6H2,1H3. The van der Waals surface area contributed by atoms with E-state index in [9.17, 15) is 0 Å². The van der Waals surface area contributed by atoms with Crippen LogP contribution in [0.1, 0.15) is 43.2 Å². The predicted molar refractivity (Wildman–Crippen MR) is 66.4 cm³/mol. The second kappa shape index (κ2) is 5.36. The van der Waals surface area contributed by atoms with Crippen LogP contribution in [-0.4, -0.2) is 10.2 Å². The van der Waals surface area contributed by atoms with E-state index in [4.69, 9.17) is 5.26 Å². The molecule has 1 heterocycles. The number of thioether (sulfide) groups is 1. The number of hydrogen-bond donors (Lipinski definition) is 0. The number of aryl methyl sites for hydroxylation is 1. The fourth-order valence-corrected chi connectivity index (χ4v) is 3.33. The van der Waals surface area contributed by atoms with Crippen molar-refractivity contribution in [2.24, 2.45) is 0 Å². The molecule has 1 aliphatic carbocycles. The lowest BCUT2D eigenvalue weighted by molar-refractivity contribution is 0.515. The van der Waals surface area contributed by atoms with E-state index in [1.54, 1.807) is 6.20 Å². The van der Waals surface area contributed by atoms with E-state index in [0.29, 0.717) is 5.56 Å². The van der Waals surface area contributed by atoms with E-state index >= 15 is 0 Å². The van der Waals surface area contributed by atoms with Gasteiger partial charge in [0.05, 0.1) is 10.6 Å². The molecule has 16 heavy (non-hydrogen) atoms. The van der Waals surface area contributed by atoms with Crippen LogP contribution >= 0.6 is 11.8 Å². The Balaban J connectivity index is 2.04. The summed E-state index contributed by atoms with van der Waals surface area (Å²) in [6, 6.07) is 4.19. The van der Waals surface area contributed by atoms with Crippen molar-refractivity contribution in [3.05, 3.63) is 23.4 Å². The molecule has 0 bridgehead atoms. The summed E-state index contributed by atoms with van der Waals surface area (Å²) in [6.07, 6.45) is 8.41. The summed E-state index contributed by atoms with van der Waals surface area (Å²) >= 11 is 1.88. The highest BCUT2D eigenvalue weighted by Crippen LogP contribution is 2.32. The maximum Gasteiger partial charge on any atom is 0.101 e. The van der Waals surface area contributed by atoms with E-state index in [-0.39, 0.29) is 0 Å². The molecule has 1 aromatic heterocycles. The van der Waals surface area contributed by atoms with Crippen LogP contribution in [0.3, 0.4) is 0 Å². The zero-order valence-electron chi connectivity index (χ0n) is 9.57. The van der Waals surface area contributed by atoms with Gasteiger partial charge in [0, 0.05) is 11.4 Å². The van der Waals surface area contributed by atoms with Gasteiger partial charge in [-0.15, -0.1) is 11.8 Å². The third-order valence-corrected chi connectivity index (χ3v) is 4.32. The van der Waals surface area contributed by atoms with Gasteiger partial charge in [-0.2, -0.15) is 5.26 Å². The molecule has 0 unspecified atom stereocenters. The van der Waals surface area contributed by atoms with Crippen LogP contribution in [-0.2, 0) is 0 Å². The highest BCUT2D eigenvalue weighted by Gasteiger charge is 2.15. The van der Waals surface area contributed by atoms with Crippen molar-refractivity contribution in [2.75, 3.05) is 0 Å². The number of pyridine rings is 1. The maximum atomic E-state index is 8.83. The second-order valence-electron chi connectivity index (χ2n) is 4.33. The molecule has 1 aromatic rings. The van der Waals surface area contributed by atoms with Crippen LogP contribution in [0.4, 0.5) is 0 Å². The van der Waals surface area contributed by atoms with Crippen molar-refractivity contribution >= 4 is 11.8 Å². The molecule has 0 aliphatic heterocycles. The van der Waals surface area contributed by atoms with Gasteiger partial charge in [0.2, 0.25) is 0 Å². The smallest absolute Gasteiger partial charge is 0.101 e. The number of aromatic nitrogens is 1. The van der Waals surface area contributed by atoms with Gasteiger partial charge in [-0.3, -0.25) is 0 Å². The van der Waals surface area contributed by atoms with Crippen molar-refractivity contribution in [3.63, 3.8) is 0 Å². The highest BCUT2D eigenvalue weighted by atomic mass is 32.2. The molecule has 0 saturated heterocycles. The normalized spacial score (nSPS) is 17.0. The van der Waals surface area contributed by atoms with E-state index in [0.717, 1.165) is 15.8 Å².